The molecule has 0 heterocycles. The number of ether oxygens (including phenoxy) is 1. The van der Waals surface area contributed by atoms with Crippen LogP contribution in [0.15, 0.2) is 24.3 Å². The van der Waals surface area contributed by atoms with E-state index in [1.165, 1.54) is 0 Å². The van der Waals surface area contributed by atoms with E-state index in [2.05, 4.69) is 39.2 Å². The molecule has 0 saturated carbocycles. The molecule has 26 heavy (non-hydrogen) atoms. The largest absolute Gasteiger partial charge is 0.544 e. The maximum absolute atomic E-state index is 12.5. The molecule has 1 N–H and O–H groups in total. The molecule has 5 nitrogen and oxygen atoms in total. The maximum Gasteiger partial charge on any atom is 0.408 e. The van der Waals surface area contributed by atoms with Gasteiger partial charge >= 0.3 is 6.09 Å². The lowest BCUT2D eigenvalue weighted by Gasteiger charge is -2.36. The van der Waals surface area contributed by atoms with Gasteiger partial charge in [-0.25, -0.2) is 4.79 Å². The van der Waals surface area contributed by atoms with Crippen LogP contribution in [-0.4, -0.2) is 31.8 Å². The van der Waals surface area contributed by atoms with E-state index < -0.39 is 26.1 Å². The number of ketones is 1. The highest BCUT2D eigenvalue weighted by Gasteiger charge is 2.39. The molecule has 6 heteroatoms. The van der Waals surface area contributed by atoms with Crippen molar-refractivity contribution in [3.8, 4) is 5.75 Å². The van der Waals surface area contributed by atoms with Crippen LogP contribution in [0.3, 0.4) is 0 Å². The van der Waals surface area contributed by atoms with Gasteiger partial charge in [0, 0.05) is 5.56 Å². The molecule has 1 aromatic rings. The molecular weight excluding hydrogens is 346 g/mol. The van der Waals surface area contributed by atoms with Crippen molar-refractivity contribution in [1.29, 1.82) is 0 Å². The highest BCUT2D eigenvalue weighted by molar-refractivity contribution is 6.74. The normalized spacial score (nSPS) is 13.7. The molecule has 0 radical (unpaired) electrons. The van der Waals surface area contributed by atoms with Gasteiger partial charge in [-0.05, 0) is 70.1 Å². The summed E-state index contributed by atoms with van der Waals surface area (Å²) >= 11 is 0. The number of hydrogen-bond acceptors (Lipinski definition) is 4. The third-order valence-corrected chi connectivity index (χ3v) is 8.80. The molecule has 1 rings (SSSR count). The van der Waals surface area contributed by atoms with Gasteiger partial charge in [-0.15, -0.1) is 0 Å². The highest BCUT2D eigenvalue weighted by Crippen LogP contribution is 2.37. The molecule has 0 unspecified atom stereocenters. The Hall–Kier alpha value is -1.82. The Balaban J connectivity index is 2.76. The molecular formula is C20H33NO4Si. The molecule has 1 aromatic carbocycles. The fraction of sp³-hybridized carbons (Fsp3) is 0.600. The van der Waals surface area contributed by atoms with E-state index in [9.17, 15) is 9.59 Å². The zero-order valence-electron chi connectivity index (χ0n) is 17.5. The first-order valence-electron chi connectivity index (χ1n) is 8.95. The lowest BCUT2D eigenvalue weighted by molar-refractivity contribution is 0.0496. The lowest BCUT2D eigenvalue weighted by Crippen LogP contribution is -2.43. The minimum atomic E-state index is -1.92. The molecule has 0 aliphatic heterocycles. The molecule has 146 valence electrons. The summed E-state index contributed by atoms with van der Waals surface area (Å²) in [7, 11) is -1.92. The molecule has 0 aliphatic carbocycles. The first kappa shape index (κ1) is 22.2. The second-order valence-corrected chi connectivity index (χ2v) is 13.8. The monoisotopic (exact) mass is 379 g/mol. The fourth-order valence-corrected chi connectivity index (χ4v) is 2.97. The topological polar surface area (TPSA) is 64.6 Å². The number of Topliss-reactive ketones (excluding diaryl/α,β-unsaturated/α-hetero) is 1. The van der Waals surface area contributed by atoms with Crippen LogP contribution in [-0.2, 0) is 4.74 Å². The number of benzene rings is 1. The summed E-state index contributed by atoms with van der Waals surface area (Å²) in [6, 6.07) is 6.43. The Bertz CT molecular complexity index is 639. The summed E-state index contributed by atoms with van der Waals surface area (Å²) < 4.78 is 11.4. The summed E-state index contributed by atoms with van der Waals surface area (Å²) in [4.78, 5) is 24.3. The number of carbonyl (C=O) groups is 2. The number of hydrogen-bond donors (Lipinski definition) is 1. The second-order valence-electron chi connectivity index (χ2n) is 9.12. The minimum absolute atomic E-state index is 0.105. The summed E-state index contributed by atoms with van der Waals surface area (Å²) in [6.07, 6.45) is -0.601. The average molecular weight is 380 g/mol. The lowest BCUT2D eigenvalue weighted by atomic mass is 10.1. The standard InChI is InChI=1S/C20H33NO4Si/c1-14(21-18(23)24-19(2,3)4)17(22)15-10-12-16(13-11-15)25-26(8,9)20(5,6)7/h10-14H,1-9H3,(H,21,23)/t14-/m0/s1. The summed E-state index contributed by atoms with van der Waals surface area (Å²) in [5.41, 5.74) is -0.0774. The van der Waals surface area contributed by atoms with Crippen LogP contribution in [0, 0.1) is 0 Å². The molecule has 0 aromatic heterocycles. The maximum atomic E-state index is 12.5. The van der Waals surface area contributed by atoms with Gasteiger partial charge in [0.25, 0.3) is 0 Å². The Morgan fingerprint density at radius 2 is 1.50 bits per heavy atom. The van der Waals surface area contributed by atoms with Crippen molar-refractivity contribution in [2.75, 3.05) is 0 Å². The van der Waals surface area contributed by atoms with Gasteiger partial charge in [0.15, 0.2) is 5.78 Å². The van der Waals surface area contributed by atoms with Crippen LogP contribution in [0.4, 0.5) is 4.79 Å². The van der Waals surface area contributed by atoms with E-state index in [1.807, 2.05) is 12.1 Å². The summed E-state index contributed by atoms with van der Waals surface area (Å²) in [5.74, 6) is 0.593. The van der Waals surface area contributed by atoms with Crippen LogP contribution < -0.4 is 9.74 Å². The second kappa shape index (κ2) is 7.82. The predicted octanol–water partition coefficient (Wildman–Crippen LogP) is 5.17. The van der Waals surface area contributed by atoms with Crippen LogP contribution in [0.25, 0.3) is 0 Å². The third kappa shape index (κ3) is 6.48. The Labute approximate surface area is 158 Å². The Kier molecular flexibility index (Phi) is 6.68. The Morgan fingerprint density at radius 1 is 1.00 bits per heavy atom. The smallest absolute Gasteiger partial charge is 0.408 e. The van der Waals surface area contributed by atoms with Crippen molar-refractivity contribution in [1.82, 2.24) is 5.32 Å². The molecule has 1 atom stereocenters. The SMILES string of the molecule is C[C@H](NC(=O)OC(C)(C)C)C(=O)c1ccc(O[Si](C)(C)C(C)(C)C)cc1. The van der Waals surface area contributed by atoms with Gasteiger partial charge in [-0.1, -0.05) is 20.8 Å². The number of nitrogens with one attached hydrogen (secondary N) is 1. The van der Waals surface area contributed by atoms with Crippen LogP contribution in [0.2, 0.25) is 18.1 Å². The zero-order valence-corrected chi connectivity index (χ0v) is 18.5. The zero-order chi connectivity index (χ0) is 20.3. The first-order chi connectivity index (χ1) is 11.6. The van der Waals surface area contributed by atoms with Crippen LogP contribution in [0.5, 0.6) is 5.75 Å². The number of carbonyl (C=O) groups excluding carboxylic acids is 2. The van der Waals surface area contributed by atoms with E-state index in [4.69, 9.17) is 9.16 Å². The van der Waals surface area contributed by atoms with Gasteiger partial charge in [0.1, 0.15) is 11.4 Å². The molecule has 0 fully saturated rings. The van der Waals surface area contributed by atoms with E-state index in [1.54, 1.807) is 39.8 Å². The molecule has 0 saturated heterocycles. The summed E-state index contributed by atoms with van der Waals surface area (Å²) in [6.45, 7) is 17.9. The van der Waals surface area contributed by atoms with Gasteiger partial charge in [-0.2, -0.15) is 0 Å². The van der Waals surface area contributed by atoms with Crippen molar-refractivity contribution < 1.29 is 18.8 Å². The third-order valence-electron chi connectivity index (χ3n) is 4.44. The first-order valence-corrected chi connectivity index (χ1v) is 11.9. The van der Waals surface area contributed by atoms with Crippen molar-refractivity contribution in [3.05, 3.63) is 29.8 Å². The average Bonchev–Trinajstić information content (AvgIpc) is 2.43. The highest BCUT2D eigenvalue weighted by atomic mass is 28.4. The van der Waals surface area contributed by atoms with E-state index in [-0.39, 0.29) is 10.8 Å². The van der Waals surface area contributed by atoms with Gasteiger partial charge in [0.05, 0.1) is 6.04 Å². The molecule has 0 aliphatic rings. The molecule has 1 amide bonds. The fourth-order valence-electron chi connectivity index (χ4n) is 1.93. The Morgan fingerprint density at radius 3 is 1.92 bits per heavy atom. The van der Waals surface area contributed by atoms with Crippen molar-refractivity contribution in [2.24, 2.45) is 0 Å². The van der Waals surface area contributed by atoms with Crippen molar-refractivity contribution in [2.45, 2.75) is 78.2 Å². The number of alkyl carbamates (subject to hydrolysis) is 1. The van der Waals surface area contributed by atoms with Crippen molar-refractivity contribution in [3.63, 3.8) is 0 Å². The van der Waals surface area contributed by atoms with Gasteiger partial charge in [-0.3, -0.25) is 4.79 Å². The van der Waals surface area contributed by atoms with Crippen LogP contribution >= 0.6 is 0 Å². The predicted molar refractivity (Wildman–Crippen MR) is 107 cm³/mol. The van der Waals surface area contributed by atoms with Gasteiger partial charge < -0.3 is 14.5 Å². The van der Waals surface area contributed by atoms with Crippen LogP contribution in [0.1, 0.15) is 58.8 Å². The molecule has 0 spiro atoms. The number of amides is 1. The minimum Gasteiger partial charge on any atom is -0.544 e. The van der Waals surface area contributed by atoms with Crippen molar-refractivity contribution >= 4 is 20.2 Å². The van der Waals surface area contributed by atoms with Gasteiger partial charge in [0.2, 0.25) is 8.32 Å². The number of rotatable bonds is 5. The van der Waals surface area contributed by atoms with E-state index in [0.717, 1.165) is 5.75 Å². The van der Waals surface area contributed by atoms with E-state index in [0.29, 0.717) is 5.56 Å². The van der Waals surface area contributed by atoms with E-state index >= 15 is 0 Å². The quantitative estimate of drug-likeness (QED) is 0.566. The molecule has 0 bridgehead atoms. The summed E-state index contributed by atoms with van der Waals surface area (Å²) in [5, 5.41) is 2.68.